The van der Waals surface area contributed by atoms with Crippen LogP contribution in [0.2, 0.25) is 0 Å². The number of rotatable bonds is 4. The van der Waals surface area contributed by atoms with E-state index in [2.05, 4.69) is 5.32 Å². The summed E-state index contributed by atoms with van der Waals surface area (Å²) in [5.41, 5.74) is 0.106. The number of aromatic nitrogens is 1. The average Bonchev–Trinajstić information content (AvgIpc) is 2.65. The van der Waals surface area contributed by atoms with E-state index in [1.54, 1.807) is 17.6 Å². The van der Waals surface area contributed by atoms with Crippen molar-refractivity contribution in [1.29, 1.82) is 0 Å². The minimum atomic E-state index is -0.760. The fraction of sp³-hybridized carbons (Fsp3) is 0.444. The van der Waals surface area contributed by atoms with Crippen LogP contribution in [0.25, 0.3) is 10.9 Å². The molecule has 0 bridgehead atoms. The number of nitrogens with zero attached hydrogens (tertiary/aromatic N) is 2. The smallest absolute Gasteiger partial charge is 0.344 e. The van der Waals surface area contributed by atoms with Gasteiger partial charge in [-0.25, -0.2) is 13.6 Å². The van der Waals surface area contributed by atoms with Gasteiger partial charge >= 0.3 is 5.97 Å². The van der Waals surface area contributed by atoms with Gasteiger partial charge in [0, 0.05) is 31.6 Å². The highest BCUT2D eigenvalue weighted by Gasteiger charge is 2.36. The lowest BCUT2D eigenvalue weighted by molar-refractivity contribution is 0.0518. The highest BCUT2D eigenvalue weighted by molar-refractivity contribution is 8.00. The fourth-order valence-electron chi connectivity index (χ4n) is 3.56. The minimum Gasteiger partial charge on any atom is -0.462 e. The molecule has 1 atom stereocenters. The Morgan fingerprint density at radius 3 is 2.78 bits per heavy atom. The highest BCUT2D eigenvalue weighted by Crippen LogP contribution is 2.47. The number of hydrogen-bond donors (Lipinski definition) is 1. The third-order valence-electron chi connectivity index (χ3n) is 4.83. The Bertz CT molecular complexity index is 973. The van der Waals surface area contributed by atoms with Crippen molar-refractivity contribution in [2.24, 2.45) is 0 Å². The van der Waals surface area contributed by atoms with Gasteiger partial charge in [0.2, 0.25) is 5.43 Å². The van der Waals surface area contributed by atoms with Gasteiger partial charge in [-0.3, -0.25) is 4.79 Å². The lowest BCUT2D eigenvalue weighted by atomic mass is 10.1. The van der Waals surface area contributed by atoms with Crippen molar-refractivity contribution in [3.05, 3.63) is 33.7 Å². The number of hydrogen-bond acceptors (Lipinski definition) is 6. The SMILES string of the molecule is CCOC(=O)c1c2n(c3cc(N4CCNCC4)c(F)cc3c1=O)C(CF)S2. The van der Waals surface area contributed by atoms with Crippen LogP contribution in [0.5, 0.6) is 0 Å². The topological polar surface area (TPSA) is 63.6 Å². The number of pyridine rings is 1. The van der Waals surface area contributed by atoms with Crippen molar-refractivity contribution in [2.45, 2.75) is 17.3 Å². The summed E-state index contributed by atoms with van der Waals surface area (Å²) in [6.07, 6.45) is 0. The summed E-state index contributed by atoms with van der Waals surface area (Å²) in [6.45, 7) is 3.85. The number of carbonyl (C=O) groups excluding carboxylic acids is 1. The molecule has 0 saturated carbocycles. The molecule has 1 unspecified atom stereocenters. The first-order valence-electron chi connectivity index (χ1n) is 8.84. The van der Waals surface area contributed by atoms with E-state index in [9.17, 15) is 18.4 Å². The number of carbonyl (C=O) groups is 1. The third kappa shape index (κ3) is 2.89. The number of esters is 1. The van der Waals surface area contributed by atoms with E-state index in [0.29, 0.717) is 29.3 Å². The summed E-state index contributed by atoms with van der Waals surface area (Å²) >= 11 is 1.12. The molecule has 0 spiro atoms. The number of thioether (sulfide) groups is 1. The molecule has 2 aliphatic heterocycles. The molecule has 2 aliphatic rings. The molecule has 1 fully saturated rings. The second-order valence-electron chi connectivity index (χ2n) is 6.38. The summed E-state index contributed by atoms with van der Waals surface area (Å²) in [4.78, 5) is 27.0. The number of anilines is 1. The Kier molecular flexibility index (Phi) is 4.81. The number of alkyl halides is 1. The fourth-order valence-corrected chi connectivity index (χ4v) is 4.68. The first-order valence-corrected chi connectivity index (χ1v) is 9.72. The Balaban J connectivity index is 1.94. The van der Waals surface area contributed by atoms with Crippen LogP contribution in [0.1, 0.15) is 22.7 Å². The van der Waals surface area contributed by atoms with E-state index in [0.717, 1.165) is 30.9 Å². The number of halogens is 2. The predicted molar refractivity (Wildman–Crippen MR) is 100 cm³/mol. The third-order valence-corrected chi connectivity index (χ3v) is 6.07. The lowest BCUT2D eigenvalue weighted by Crippen LogP contribution is -2.44. The van der Waals surface area contributed by atoms with Gasteiger partial charge in [-0.05, 0) is 19.1 Å². The van der Waals surface area contributed by atoms with Crippen molar-refractivity contribution < 1.29 is 18.3 Å². The van der Waals surface area contributed by atoms with Gasteiger partial charge < -0.3 is 19.5 Å². The van der Waals surface area contributed by atoms with Crippen LogP contribution in [0.4, 0.5) is 14.5 Å². The van der Waals surface area contributed by atoms with E-state index in [4.69, 9.17) is 4.74 Å². The van der Waals surface area contributed by atoms with Gasteiger partial charge in [-0.2, -0.15) is 0 Å². The molecular formula is C18H19F2N3O3S. The summed E-state index contributed by atoms with van der Waals surface area (Å²) in [5.74, 6) is -1.29. The molecule has 9 heteroatoms. The normalized spacial score (nSPS) is 18.9. The zero-order valence-electron chi connectivity index (χ0n) is 14.8. The first kappa shape index (κ1) is 18.2. The van der Waals surface area contributed by atoms with E-state index in [-0.39, 0.29) is 17.6 Å². The van der Waals surface area contributed by atoms with Crippen LogP contribution in [-0.2, 0) is 4.74 Å². The Morgan fingerprint density at radius 2 is 2.11 bits per heavy atom. The highest BCUT2D eigenvalue weighted by atomic mass is 32.2. The number of fused-ring (bicyclic) bond motifs is 3. The molecule has 1 aromatic heterocycles. The maximum atomic E-state index is 14.8. The quantitative estimate of drug-likeness (QED) is 0.802. The Hall–Kier alpha value is -2.13. The minimum absolute atomic E-state index is 0.0666. The zero-order chi connectivity index (χ0) is 19.1. The number of piperazine rings is 1. The molecule has 6 nitrogen and oxygen atoms in total. The van der Waals surface area contributed by atoms with Crippen LogP contribution in [-0.4, -0.2) is 50.0 Å². The van der Waals surface area contributed by atoms with Gasteiger partial charge in [0.15, 0.2) is 0 Å². The Labute approximate surface area is 158 Å². The van der Waals surface area contributed by atoms with Crippen molar-refractivity contribution in [1.82, 2.24) is 9.88 Å². The molecule has 1 saturated heterocycles. The van der Waals surface area contributed by atoms with Gasteiger partial charge in [-0.15, -0.1) is 0 Å². The number of ether oxygens (including phenoxy) is 1. The van der Waals surface area contributed by atoms with Crippen molar-refractivity contribution in [3.8, 4) is 0 Å². The maximum Gasteiger partial charge on any atom is 0.344 e. The van der Waals surface area contributed by atoms with Crippen LogP contribution in [0, 0.1) is 5.82 Å². The molecular weight excluding hydrogens is 376 g/mol. The summed E-state index contributed by atoms with van der Waals surface area (Å²) in [6, 6.07) is 2.75. The van der Waals surface area contributed by atoms with Gasteiger partial charge in [0.25, 0.3) is 0 Å². The standard InChI is InChI=1S/C18H19F2N3O3S/c1-2-26-18(25)15-16(24)10-7-11(20)13(22-5-3-21-4-6-22)8-12(10)23-14(9-19)27-17(15)23/h7-8,14,21H,2-6,9H2,1H3. The molecule has 2 aromatic rings. The van der Waals surface area contributed by atoms with E-state index >= 15 is 0 Å². The molecule has 3 heterocycles. The second-order valence-corrected chi connectivity index (χ2v) is 7.55. The Morgan fingerprint density at radius 1 is 1.37 bits per heavy atom. The average molecular weight is 395 g/mol. The van der Waals surface area contributed by atoms with Crippen LogP contribution >= 0.6 is 11.8 Å². The van der Waals surface area contributed by atoms with Crippen molar-refractivity contribution >= 4 is 34.3 Å². The number of benzene rings is 1. The van der Waals surface area contributed by atoms with Crippen molar-refractivity contribution in [2.75, 3.05) is 44.4 Å². The van der Waals surface area contributed by atoms with Crippen molar-refractivity contribution in [3.63, 3.8) is 0 Å². The van der Waals surface area contributed by atoms with Gasteiger partial charge in [-0.1, -0.05) is 11.8 Å². The molecule has 27 heavy (non-hydrogen) atoms. The summed E-state index contributed by atoms with van der Waals surface area (Å²) in [7, 11) is 0. The molecule has 144 valence electrons. The van der Waals surface area contributed by atoms with Crippen LogP contribution in [0.15, 0.2) is 22.0 Å². The second kappa shape index (κ2) is 7.12. The molecule has 1 aromatic carbocycles. The van der Waals surface area contributed by atoms with Gasteiger partial charge in [0.1, 0.15) is 23.4 Å². The number of nitrogens with one attached hydrogen (secondary N) is 1. The summed E-state index contributed by atoms with van der Waals surface area (Å²) in [5, 5.41) is 3.11. The van der Waals surface area contributed by atoms with E-state index in [1.165, 1.54) is 0 Å². The molecule has 0 aliphatic carbocycles. The van der Waals surface area contributed by atoms with Crippen LogP contribution < -0.4 is 15.6 Å². The maximum absolute atomic E-state index is 14.8. The van der Waals surface area contributed by atoms with E-state index < -0.39 is 29.3 Å². The lowest BCUT2D eigenvalue weighted by Gasteiger charge is -2.35. The van der Waals surface area contributed by atoms with Crippen LogP contribution in [0.3, 0.4) is 0 Å². The molecule has 0 amide bonds. The monoisotopic (exact) mass is 395 g/mol. The zero-order valence-corrected chi connectivity index (χ0v) is 15.6. The van der Waals surface area contributed by atoms with Gasteiger partial charge in [0.05, 0.1) is 22.8 Å². The predicted octanol–water partition coefficient (Wildman–Crippen LogP) is 2.30. The largest absolute Gasteiger partial charge is 0.462 e. The molecule has 0 radical (unpaired) electrons. The first-order chi connectivity index (χ1) is 13.1. The van der Waals surface area contributed by atoms with E-state index in [1.807, 2.05) is 4.90 Å². The summed E-state index contributed by atoms with van der Waals surface area (Å²) < 4.78 is 34.8. The molecule has 4 rings (SSSR count). The molecule has 1 N–H and O–H groups in total.